The van der Waals surface area contributed by atoms with Gasteiger partial charge >= 0.3 is 5.97 Å². The van der Waals surface area contributed by atoms with Gasteiger partial charge in [0.05, 0.1) is 11.6 Å². The van der Waals surface area contributed by atoms with Crippen LogP contribution in [-0.2, 0) is 9.53 Å². The third-order valence-corrected chi connectivity index (χ3v) is 2.74. The van der Waals surface area contributed by atoms with Crippen LogP contribution in [0.25, 0.3) is 0 Å². The van der Waals surface area contributed by atoms with E-state index in [2.05, 4.69) is 5.32 Å². The van der Waals surface area contributed by atoms with Crippen molar-refractivity contribution in [2.75, 3.05) is 6.61 Å². The topological polar surface area (TPSA) is 95.9 Å². The van der Waals surface area contributed by atoms with Crippen LogP contribution < -0.4 is 5.32 Å². The summed E-state index contributed by atoms with van der Waals surface area (Å²) in [5.74, 6) is -1.21. The molecule has 1 aliphatic heterocycles. The number of aliphatic hydroxyl groups excluding tert-OH is 2. The Balaban J connectivity index is 1.89. The molecule has 3 atom stereocenters. The summed E-state index contributed by atoms with van der Waals surface area (Å²) in [6.45, 7) is -0.183. The fourth-order valence-corrected chi connectivity index (χ4v) is 1.69. The van der Waals surface area contributed by atoms with Crippen molar-refractivity contribution in [3.63, 3.8) is 0 Å². The van der Waals surface area contributed by atoms with Gasteiger partial charge in [-0.3, -0.25) is 4.79 Å². The average Bonchev–Trinajstić information content (AvgIpc) is 2.64. The van der Waals surface area contributed by atoms with Crippen molar-refractivity contribution in [1.82, 2.24) is 5.32 Å². The van der Waals surface area contributed by atoms with Crippen molar-refractivity contribution >= 4 is 11.9 Å². The first kappa shape index (κ1) is 12.5. The Morgan fingerprint density at radius 3 is 2.50 bits per heavy atom. The minimum atomic E-state index is -1.47. The Bertz CT molecular complexity index is 447. The zero-order valence-electron chi connectivity index (χ0n) is 9.45. The van der Waals surface area contributed by atoms with Gasteiger partial charge in [0.25, 0.3) is 5.91 Å². The lowest BCUT2D eigenvalue weighted by Gasteiger charge is -2.14. The van der Waals surface area contributed by atoms with Gasteiger partial charge in [0.15, 0.2) is 6.10 Å². The number of amides is 1. The Morgan fingerprint density at radius 1 is 1.28 bits per heavy atom. The molecule has 0 aromatic heterocycles. The van der Waals surface area contributed by atoms with Crippen molar-refractivity contribution in [3.05, 3.63) is 35.9 Å². The van der Waals surface area contributed by atoms with Crippen molar-refractivity contribution < 1.29 is 24.5 Å². The van der Waals surface area contributed by atoms with E-state index in [1.54, 1.807) is 30.3 Å². The second-order valence-corrected chi connectivity index (χ2v) is 4.01. The molecule has 3 N–H and O–H groups in total. The molecule has 0 radical (unpaired) electrons. The summed E-state index contributed by atoms with van der Waals surface area (Å²) >= 11 is 0. The van der Waals surface area contributed by atoms with Gasteiger partial charge in [0.2, 0.25) is 0 Å². The van der Waals surface area contributed by atoms with E-state index in [-0.39, 0.29) is 6.61 Å². The monoisotopic (exact) mass is 251 g/mol. The van der Waals surface area contributed by atoms with Gasteiger partial charge in [-0.1, -0.05) is 18.2 Å². The number of hydrogen-bond donors (Lipinski definition) is 3. The van der Waals surface area contributed by atoms with E-state index in [0.29, 0.717) is 5.56 Å². The number of carbonyl (C=O) groups excluding carboxylic acids is 2. The molecule has 1 aromatic carbocycles. The van der Waals surface area contributed by atoms with Gasteiger partial charge < -0.3 is 20.3 Å². The van der Waals surface area contributed by atoms with Gasteiger partial charge in [-0.2, -0.15) is 0 Å². The number of carbonyl (C=O) groups is 2. The van der Waals surface area contributed by atoms with Crippen molar-refractivity contribution in [3.8, 4) is 0 Å². The molecule has 0 spiro atoms. The summed E-state index contributed by atoms with van der Waals surface area (Å²) in [6.07, 6.45) is -2.73. The summed E-state index contributed by atoms with van der Waals surface area (Å²) < 4.78 is 4.95. The normalized spacial score (nSPS) is 26.8. The van der Waals surface area contributed by atoms with Crippen LogP contribution in [0.5, 0.6) is 0 Å². The van der Waals surface area contributed by atoms with Crippen molar-refractivity contribution in [1.29, 1.82) is 0 Å². The zero-order chi connectivity index (χ0) is 13.1. The highest BCUT2D eigenvalue weighted by Gasteiger charge is 2.40. The molecule has 1 amide bonds. The molecule has 0 saturated carbocycles. The number of benzene rings is 1. The predicted molar refractivity (Wildman–Crippen MR) is 60.7 cm³/mol. The minimum absolute atomic E-state index is 0.183. The highest BCUT2D eigenvalue weighted by molar-refractivity contribution is 5.89. The summed E-state index contributed by atoms with van der Waals surface area (Å²) in [6, 6.07) is 7.59. The molecule has 0 bridgehead atoms. The molecule has 1 heterocycles. The highest BCUT2D eigenvalue weighted by Crippen LogP contribution is 2.10. The van der Waals surface area contributed by atoms with Gasteiger partial charge in [-0.25, -0.2) is 4.79 Å². The zero-order valence-corrected chi connectivity index (χ0v) is 9.45. The third kappa shape index (κ3) is 2.49. The van der Waals surface area contributed by atoms with Crippen LogP contribution in [0.15, 0.2) is 30.3 Å². The first-order valence-corrected chi connectivity index (χ1v) is 5.48. The van der Waals surface area contributed by atoms with E-state index in [9.17, 15) is 19.8 Å². The third-order valence-electron chi connectivity index (χ3n) is 2.74. The first-order chi connectivity index (χ1) is 8.59. The maximum atomic E-state index is 11.6. The highest BCUT2D eigenvalue weighted by atomic mass is 16.5. The SMILES string of the molecule is O=C(OC[C@@H]1NC(=O)C(O)C1O)c1ccccc1. The molecule has 2 unspecified atom stereocenters. The second-order valence-electron chi connectivity index (χ2n) is 4.01. The molecule has 0 aliphatic carbocycles. The Kier molecular flexibility index (Phi) is 3.59. The van der Waals surface area contributed by atoms with Crippen LogP contribution in [0.1, 0.15) is 10.4 Å². The van der Waals surface area contributed by atoms with Gasteiger partial charge in [-0.05, 0) is 12.1 Å². The van der Waals surface area contributed by atoms with Crippen molar-refractivity contribution in [2.45, 2.75) is 18.2 Å². The van der Waals surface area contributed by atoms with E-state index in [1.807, 2.05) is 0 Å². The number of esters is 1. The standard InChI is InChI=1S/C12H13NO5/c14-9-8(13-11(16)10(9)15)6-18-12(17)7-4-2-1-3-5-7/h1-5,8-10,14-15H,6H2,(H,13,16)/t8-,9?,10?/m0/s1. The molecular weight excluding hydrogens is 238 g/mol. The van der Waals surface area contributed by atoms with Gasteiger partial charge in [0, 0.05) is 0 Å². The first-order valence-electron chi connectivity index (χ1n) is 5.48. The van der Waals surface area contributed by atoms with Gasteiger partial charge in [-0.15, -0.1) is 0 Å². The molecule has 2 rings (SSSR count). The number of hydrogen-bond acceptors (Lipinski definition) is 5. The summed E-state index contributed by atoms with van der Waals surface area (Å²) in [7, 11) is 0. The molecular formula is C12H13NO5. The molecule has 1 aromatic rings. The molecule has 1 saturated heterocycles. The molecule has 6 heteroatoms. The van der Waals surface area contributed by atoms with Crippen LogP contribution in [-0.4, -0.2) is 46.9 Å². The lowest BCUT2D eigenvalue weighted by Crippen LogP contribution is -2.37. The van der Waals surface area contributed by atoms with Crippen LogP contribution in [0.3, 0.4) is 0 Å². The largest absolute Gasteiger partial charge is 0.460 e. The lowest BCUT2D eigenvalue weighted by molar-refractivity contribution is -0.128. The van der Waals surface area contributed by atoms with E-state index in [4.69, 9.17) is 4.74 Å². The van der Waals surface area contributed by atoms with Crippen LogP contribution in [0.4, 0.5) is 0 Å². The van der Waals surface area contributed by atoms with E-state index in [0.717, 1.165) is 0 Å². The number of nitrogens with one attached hydrogen (secondary N) is 1. The van der Waals surface area contributed by atoms with E-state index >= 15 is 0 Å². The Labute approximate surface area is 103 Å². The maximum Gasteiger partial charge on any atom is 0.338 e. The Hall–Kier alpha value is -1.92. The molecule has 1 aliphatic rings. The van der Waals surface area contributed by atoms with E-state index in [1.165, 1.54) is 0 Å². The number of rotatable bonds is 3. The minimum Gasteiger partial charge on any atom is -0.460 e. The molecule has 6 nitrogen and oxygen atoms in total. The maximum absolute atomic E-state index is 11.6. The Morgan fingerprint density at radius 2 is 1.94 bits per heavy atom. The van der Waals surface area contributed by atoms with Crippen LogP contribution in [0, 0.1) is 0 Å². The summed E-state index contributed by atoms with van der Waals surface area (Å²) in [5.41, 5.74) is 0.386. The fraction of sp³-hybridized carbons (Fsp3) is 0.333. The van der Waals surface area contributed by atoms with Crippen LogP contribution in [0.2, 0.25) is 0 Å². The van der Waals surface area contributed by atoms with Crippen molar-refractivity contribution in [2.24, 2.45) is 0 Å². The smallest absolute Gasteiger partial charge is 0.338 e. The number of ether oxygens (including phenoxy) is 1. The molecule has 1 fully saturated rings. The fourth-order valence-electron chi connectivity index (χ4n) is 1.69. The number of aliphatic hydroxyl groups is 2. The van der Waals surface area contributed by atoms with E-state index < -0.39 is 30.1 Å². The summed E-state index contributed by atoms with van der Waals surface area (Å²) in [4.78, 5) is 22.6. The van der Waals surface area contributed by atoms with Crippen LogP contribution >= 0.6 is 0 Å². The molecule has 96 valence electrons. The summed E-state index contributed by atoms with van der Waals surface area (Å²) in [5, 5.41) is 21.0. The van der Waals surface area contributed by atoms with Gasteiger partial charge in [0.1, 0.15) is 12.7 Å². The molecule has 18 heavy (non-hydrogen) atoms. The predicted octanol–water partition coefficient (Wildman–Crippen LogP) is -0.936. The second kappa shape index (κ2) is 5.16. The average molecular weight is 251 g/mol. The quantitative estimate of drug-likeness (QED) is 0.603. The lowest BCUT2D eigenvalue weighted by atomic mass is 10.1.